The van der Waals surface area contributed by atoms with Gasteiger partial charge in [0.15, 0.2) is 11.5 Å². The Morgan fingerprint density at radius 1 is 1.32 bits per heavy atom. The highest BCUT2D eigenvalue weighted by Crippen LogP contribution is 2.38. The smallest absolute Gasteiger partial charge is 0.175 e. The fourth-order valence-electron chi connectivity index (χ4n) is 2.86. The first kappa shape index (κ1) is 20.0. The molecular weight excluding hydrogens is 418 g/mol. The van der Waals surface area contributed by atoms with Gasteiger partial charge < -0.3 is 14.5 Å². The fourth-order valence-corrected chi connectivity index (χ4v) is 3.41. The standard InChI is InChI=1S/C22H22BrN3O2/c1-5-27-20-11-15(10-17(23)21(20)28-13(2)3)9-16(12-24)22-25-18-7-6-14(4)8-19(18)26-22/h6-11,13H,5H2,1-4H3,(H,25,26)/b16-9-. The predicted molar refractivity (Wildman–Crippen MR) is 115 cm³/mol. The number of hydrogen-bond donors (Lipinski definition) is 1. The van der Waals surface area contributed by atoms with Gasteiger partial charge in [-0.05, 0) is 85.1 Å². The summed E-state index contributed by atoms with van der Waals surface area (Å²) in [5, 5.41) is 9.69. The van der Waals surface area contributed by atoms with Crippen LogP contribution >= 0.6 is 15.9 Å². The monoisotopic (exact) mass is 439 g/mol. The molecule has 0 fully saturated rings. The molecule has 0 aliphatic rings. The van der Waals surface area contributed by atoms with Crippen molar-refractivity contribution < 1.29 is 9.47 Å². The molecule has 0 aliphatic carbocycles. The first-order valence-corrected chi connectivity index (χ1v) is 9.92. The Kier molecular flexibility index (Phi) is 6.05. The first-order valence-electron chi connectivity index (χ1n) is 9.12. The number of nitriles is 1. The van der Waals surface area contributed by atoms with E-state index in [-0.39, 0.29) is 6.10 Å². The number of rotatable bonds is 6. The number of nitrogens with zero attached hydrogens (tertiary/aromatic N) is 2. The summed E-state index contributed by atoms with van der Waals surface area (Å²) in [4.78, 5) is 7.78. The minimum atomic E-state index is 0.0190. The van der Waals surface area contributed by atoms with Gasteiger partial charge in [-0.1, -0.05) is 6.07 Å². The average Bonchev–Trinajstić information content (AvgIpc) is 3.05. The minimum absolute atomic E-state index is 0.0190. The number of fused-ring (bicyclic) bond motifs is 1. The number of H-pyrrole nitrogens is 1. The van der Waals surface area contributed by atoms with Crippen LogP contribution < -0.4 is 9.47 Å². The van der Waals surface area contributed by atoms with E-state index in [2.05, 4.69) is 32.0 Å². The van der Waals surface area contributed by atoms with Crippen LogP contribution in [0.4, 0.5) is 0 Å². The molecule has 0 spiro atoms. The molecule has 6 heteroatoms. The van der Waals surface area contributed by atoms with Crippen molar-refractivity contribution >= 4 is 38.6 Å². The molecule has 3 aromatic rings. The van der Waals surface area contributed by atoms with Crippen LogP contribution in [0.2, 0.25) is 0 Å². The van der Waals surface area contributed by atoms with Crippen molar-refractivity contribution in [1.82, 2.24) is 9.97 Å². The summed E-state index contributed by atoms with van der Waals surface area (Å²) in [6, 6.07) is 12.0. The Morgan fingerprint density at radius 2 is 2.11 bits per heavy atom. The van der Waals surface area contributed by atoms with Gasteiger partial charge >= 0.3 is 0 Å². The topological polar surface area (TPSA) is 70.9 Å². The van der Waals surface area contributed by atoms with E-state index in [0.717, 1.165) is 26.6 Å². The lowest BCUT2D eigenvalue weighted by atomic mass is 10.1. The van der Waals surface area contributed by atoms with E-state index >= 15 is 0 Å². The SMILES string of the molecule is CCOc1cc(/C=C(/C#N)c2nc3ccc(C)cc3[nH]2)cc(Br)c1OC(C)C. The van der Waals surface area contributed by atoms with E-state index < -0.39 is 0 Å². The van der Waals surface area contributed by atoms with Crippen LogP contribution in [0.5, 0.6) is 11.5 Å². The zero-order valence-corrected chi connectivity index (χ0v) is 17.9. The lowest BCUT2D eigenvalue weighted by Crippen LogP contribution is -2.08. The van der Waals surface area contributed by atoms with Gasteiger partial charge in [0.1, 0.15) is 11.9 Å². The maximum Gasteiger partial charge on any atom is 0.175 e. The molecule has 0 aliphatic heterocycles. The van der Waals surface area contributed by atoms with Crippen LogP contribution in [-0.2, 0) is 0 Å². The number of aryl methyl sites for hydroxylation is 1. The molecule has 0 radical (unpaired) electrons. The molecule has 0 bridgehead atoms. The lowest BCUT2D eigenvalue weighted by Gasteiger charge is -2.17. The fraction of sp³-hybridized carbons (Fsp3) is 0.273. The van der Waals surface area contributed by atoms with Gasteiger partial charge in [0.2, 0.25) is 0 Å². The van der Waals surface area contributed by atoms with Gasteiger partial charge in [-0.3, -0.25) is 0 Å². The number of allylic oxidation sites excluding steroid dienone is 1. The number of ether oxygens (including phenoxy) is 2. The Bertz CT molecular complexity index is 1080. The number of imidazole rings is 1. The number of nitrogens with one attached hydrogen (secondary N) is 1. The molecular formula is C22H22BrN3O2. The maximum atomic E-state index is 9.69. The zero-order valence-electron chi connectivity index (χ0n) is 16.3. The second kappa shape index (κ2) is 8.49. The third kappa shape index (κ3) is 4.37. The molecule has 0 atom stereocenters. The van der Waals surface area contributed by atoms with Crippen LogP contribution in [0.25, 0.3) is 22.7 Å². The van der Waals surface area contributed by atoms with Gasteiger partial charge in [-0.2, -0.15) is 5.26 Å². The highest BCUT2D eigenvalue weighted by atomic mass is 79.9. The van der Waals surface area contributed by atoms with Crippen LogP contribution in [0.1, 0.15) is 37.7 Å². The van der Waals surface area contributed by atoms with Crippen LogP contribution in [0.3, 0.4) is 0 Å². The van der Waals surface area contributed by atoms with Gasteiger partial charge in [-0.15, -0.1) is 0 Å². The summed E-state index contributed by atoms with van der Waals surface area (Å²) >= 11 is 3.56. The van der Waals surface area contributed by atoms with Crippen molar-refractivity contribution in [1.29, 1.82) is 5.26 Å². The van der Waals surface area contributed by atoms with E-state index in [4.69, 9.17) is 9.47 Å². The highest BCUT2D eigenvalue weighted by molar-refractivity contribution is 9.10. The molecule has 1 N–H and O–H groups in total. The molecule has 0 saturated heterocycles. The van der Waals surface area contributed by atoms with Crippen molar-refractivity contribution in [2.75, 3.05) is 6.61 Å². The molecule has 5 nitrogen and oxygen atoms in total. The minimum Gasteiger partial charge on any atom is -0.490 e. The van der Waals surface area contributed by atoms with Gasteiger partial charge in [0.05, 0.1) is 33.8 Å². The molecule has 0 unspecified atom stereocenters. The highest BCUT2D eigenvalue weighted by Gasteiger charge is 2.14. The number of aromatic nitrogens is 2. The summed E-state index contributed by atoms with van der Waals surface area (Å²) in [6.07, 6.45) is 1.81. The van der Waals surface area contributed by atoms with Crippen molar-refractivity contribution in [2.45, 2.75) is 33.8 Å². The molecule has 0 saturated carbocycles. The quantitative estimate of drug-likeness (QED) is 0.486. The first-order chi connectivity index (χ1) is 13.4. The molecule has 2 aromatic carbocycles. The maximum absolute atomic E-state index is 9.69. The van der Waals surface area contributed by atoms with Crippen molar-refractivity contribution in [3.05, 3.63) is 51.8 Å². The van der Waals surface area contributed by atoms with Crippen LogP contribution in [-0.4, -0.2) is 22.7 Å². The average molecular weight is 440 g/mol. The third-order valence-corrected chi connectivity index (χ3v) is 4.60. The second-order valence-electron chi connectivity index (χ2n) is 6.71. The molecule has 3 rings (SSSR count). The summed E-state index contributed by atoms with van der Waals surface area (Å²) in [5.74, 6) is 1.83. The van der Waals surface area contributed by atoms with Crippen LogP contribution in [0.15, 0.2) is 34.8 Å². The normalized spacial score (nSPS) is 11.7. The Balaban J connectivity index is 2.05. The lowest BCUT2D eigenvalue weighted by molar-refractivity contribution is 0.222. The summed E-state index contributed by atoms with van der Waals surface area (Å²) < 4.78 is 12.4. The van der Waals surface area contributed by atoms with Crippen LogP contribution in [0, 0.1) is 18.3 Å². The Labute approximate surface area is 173 Å². The van der Waals surface area contributed by atoms with Crippen molar-refractivity contribution in [2.24, 2.45) is 0 Å². The largest absolute Gasteiger partial charge is 0.490 e. The molecule has 1 heterocycles. The summed E-state index contributed by atoms with van der Waals surface area (Å²) in [5.41, 5.74) is 4.14. The predicted octanol–water partition coefficient (Wildman–Crippen LogP) is 5.88. The molecule has 1 aromatic heterocycles. The third-order valence-electron chi connectivity index (χ3n) is 4.01. The van der Waals surface area contributed by atoms with Gasteiger partial charge in [-0.25, -0.2) is 4.98 Å². The van der Waals surface area contributed by atoms with E-state index in [1.807, 2.05) is 58.0 Å². The zero-order chi connectivity index (χ0) is 20.3. The number of hydrogen-bond acceptors (Lipinski definition) is 4. The number of aromatic amines is 1. The van der Waals surface area contributed by atoms with Crippen molar-refractivity contribution in [3.63, 3.8) is 0 Å². The molecule has 144 valence electrons. The van der Waals surface area contributed by atoms with E-state index in [0.29, 0.717) is 29.5 Å². The second-order valence-corrected chi connectivity index (χ2v) is 7.56. The van der Waals surface area contributed by atoms with Crippen molar-refractivity contribution in [3.8, 4) is 17.6 Å². The molecule has 0 amide bonds. The summed E-state index contributed by atoms with van der Waals surface area (Å²) in [6.45, 7) is 8.39. The molecule has 28 heavy (non-hydrogen) atoms. The van der Waals surface area contributed by atoms with E-state index in [1.54, 1.807) is 6.08 Å². The van der Waals surface area contributed by atoms with E-state index in [1.165, 1.54) is 0 Å². The Morgan fingerprint density at radius 3 is 2.79 bits per heavy atom. The van der Waals surface area contributed by atoms with E-state index in [9.17, 15) is 5.26 Å². The Hall–Kier alpha value is -2.78. The van der Waals surface area contributed by atoms with Gasteiger partial charge in [0, 0.05) is 0 Å². The number of benzene rings is 2. The van der Waals surface area contributed by atoms with Gasteiger partial charge in [0.25, 0.3) is 0 Å². The summed E-state index contributed by atoms with van der Waals surface area (Å²) in [7, 11) is 0. The number of halogens is 1.